The highest BCUT2D eigenvalue weighted by atomic mass is 32.2. The van der Waals surface area contributed by atoms with E-state index < -0.39 is 0 Å². The number of hydrogen-bond donors (Lipinski definition) is 1. The predicted octanol–water partition coefficient (Wildman–Crippen LogP) is 2.82. The zero-order valence-corrected chi connectivity index (χ0v) is 12.5. The molecule has 2 nitrogen and oxygen atoms in total. The molecule has 2 unspecified atom stereocenters. The lowest BCUT2D eigenvalue weighted by atomic mass is 9.92. The SMILES string of the molecule is CCC(CC)C(CN)N(C)C(CC)CSC. The molecule has 0 rings (SSSR count). The van der Waals surface area contributed by atoms with Gasteiger partial charge in [0.25, 0.3) is 0 Å². The van der Waals surface area contributed by atoms with E-state index in [0.29, 0.717) is 12.1 Å². The summed E-state index contributed by atoms with van der Waals surface area (Å²) in [7, 11) is 2.25. The Kier molecular flexibility index (Phi) is 9.47. The van der Waals surface area contributed by atoms with Crippen molar-refractivity contribution >= 4 is 11.8 Å². The molecule has 0 aromatic heterocycles. The van der Waals surface area contributed by atoms with Crippen molar-refractivity contribution in [3.8, 4) is 0 Å². The van der Waals surface area contributed by atoms with Crippen LogP contribution in [0.15, 0.2) is 0 Å². The van der Waals surface area contributed by atoms with Gasteiger partial charge < -0.3 is 5.73 Å². The zero-order valence-electron chi connectivity index (χ0n) is 11.7. The van der Waals surface area contributed by atoms with Crippen LogP contribution in [0.4, 0.5) is 0 Å². The standard InChI is InChI=1S/C13H30N2S/c1-6-11(7-2)13(9-14)15(4)12(8-3)10-16-5/h11-13H,6-10,14H2,1-5H3. The van der Waals surface area contributed by atoms with Crippen molar-refractivity contribution in [3.63, 3.8) is 0 Å². The molecule has 0 fully saturated rings. The van der Waals surface area contributed by atoms with Crippen LogP contribution in [0.1, 0.15) is 40.0 Å². The molecule has 0 spiro atoms. The highest BCUT2D eigenvalue weighted by Crippen LogP contribution is 2.21. The van der Waals surface area contributed by atoms with Crippen LogP contribution in [-0.4, -0.2) is 42.6 Å². The van der Waals surface area contributed by atoms with Gasteiger partial charge in [-0.2, -0.15) is 11.8 Å². The molecule has 0 amide bonds. The van der Waals surface area contributed by atoms with Crippen LogP contribution < -0.4 is 5.73 Å². The molecule has 0 bridgehead atoms. The van der Waals surface area contributed by atoms with Crippen LogP contribution >= 0.6 is 11.8 Å². The summed E-state index contributed by atoms with van der Waals surface area (Å²) in [6, 6.07) is 1.22. The van der Waals surface area contributed by atoms with Crippen LogP contribution in [0.2, 0.25) is 0 Å². The van der Waals surface area contributed by atoms with Crippen LogP contribution in [0.3, 0.4) is 0 Å². The maximum atomic E-state index is 5.97. The molecule has 0 saturated heterocycles. The first-order valence-electron chi connectivity index (χ1n) is 6.56. The van der Waals surface area contributed by atoms with Gasteiger partial charge in [-0.1, -0.05) is 33.6 Å². The maximum Gasteiger partial charge on any atom is 0.0246 e. The third-order valence-corrected chi connectivity index (χ3v) is 4.48. The molecule has 3 heteroatoms. The van der Waals surface area contributed by atoms with Crippen LogP contribution in [0.25, 0.3) is 0 Å². The Morgan fingerprint density at radius 3 is 2.00 bits per heavy atom. The molecule has 16 heavy (non-hydrogen) atoms. The summed E-state index contributed by atoms with van der Waals surface area (Å²) in [6.07, 6.45) is 5.87. The number of nitrogens with two attached hydrogens (primary N) is 1. The van der Waals surface area contributed by atoms with E-state index in [2.05, 4.69) is 39.0 Å². The lowest BCUT2D eigenvalue weighted by Crippen LogP contribution is -2.49. The van der Waals surface area contributed by atoms with Crippen molar-refractivity contribution in [2.24, 2.45) is 11.7 Å². The fourth-order valence-electron chi connectivity index (χ4n) is 2.51. The Bertz CT molecular complexity index is 160. The number of likely N-dealkylation sites (N-methyl/N-ethyl adjacent to an activating group) is 1. The molecule has 0 saturated carbocycles. The third kappa shape index (κ3) is 4.64. The Morgan fingerprint density at radius 2 is 1.69 bits per heavy atom. The van der Waals surface area contributed by atoms with Gasteiger partial charge >= 0.3 is 0 Å². The lowest BCUT2D eigenvalue weighted by Gasteiger charge is -2.38. The Labute approximate surface area is 106 Å². The molecular weight excluding hydrogens is 216 g/mol. The first kappa shape index (κ1) is 16.3. The second-order valence-corrected chi connectivity index (χ2v) is 5.47. The Hall–Kier alpha value is 0.270. The monoisotopic (exact) mass is 246 g/mol. The second kappa shape index (κ2) is 9.32. The van der Waals surface area contributed by atoms with Crippen molar-refractivity contribution in [2.75, 3.05) is 25.6 Å². The van der Waals surface area contributed by atoms with Gasteiger partial charge in [0.1, 0.15) is 0 Å². The molecule has 2 atom stereocenters. The minimum Gasteiger partial charge on any atom is -0.329 e. The van der Waals surface area contributed by atoms with Crippen molar-refractivity contribution in [3.05, 3.63) is 0 Å². The van der Waals surface area contributed by atoms with Crippen molar-refractivity contribution in [1.29, 1.82) is 0 Å². The van der Waals surface area contributed by atoms with E-state index in [9.17, 15) is 0 Å². The van der Waals surface area contributed by atoms with E-state index in [0.717, 1.165) is 12.5 Å². The molecule has 0 aromatic rings. The molecular formula is C13H30N2S. The van der Waals surface area contributed by atoms with E-state index >= 15 is 0 Å². The molecule has 98 valence electrons. The Morgan fingerprint density at radius 1 is 1.12 bits per heavy atom. The largest absolute Gasteiger partial charge is 0.329 e. The average Bonchev–Trinajstić information content (AvgIpc) is 2.31. The first-order valence-corrected chi connectivity index (χ1v) is 7.96. The summed E-state index contributed by atoms with van der Waals surface area (Å²) in [5, 5.41) is 0. The van der Waals surface area contributed by atoms with E-state index in [-0.39, 0.29) is 0 Å². The van der Waals surface area contributed by atoms with Gasteiger partial charge in [0.05, 0.1) is 0 Å². The number of rotatable bonds is 9. The van der Waals surface area contributed by atoms with Crippen LogP contribution in [-0.2, 0) is 0 Å². The molecule has 0 aromatic carbocycles. The minimum absolute atomic E-state index is 0.548. The van der Waals surface area contributed by atoms with E-state index in [1.54, 1.807) is 0 Å². The predicted molar refractivity (Wildman–Crippen MR) is 77.1 cm³/mol. The molecule has 2 N–H and O–H groups in total. The fraction of sp³-hybridized carbons (Fsp3) is 1.00. The molecule has 0 radical (unpaired) electrons. The summed E-state index contributed by atoms with van der Waals surface area (Å²) in [4.78, 5) is 2.52. The molecule has 0 aliphatic rings. The lowest BCUT2D eigenvalue weighted by molar-refractivity contribution is 0.130. The van der Waals surface area contributed by atoms with Gasteiger partial charge in [-0.25, -0.2) is 0 Å². The van der Waals surface area contributed by atoms with E-state index in [1.807, 2.05) is 11.8 Å². The quantitative estimate of drug-likeness (QED) is 0.678. The van der Waals surface area contributed by atoms with Gasteiger partial charge in [-0.15, -0.1) is 0 Å². The number of hydrogen-bond acceptors (Lipinski definition) is 3. The van der Waals surface area contributed by atoms with Gasteiger partial charge in [-0.3, -0.25) is 4.90 Å². The van der Waals surface area contributed by atoms with Crippen LogP contribution in [0, 0.1) is 5.92 Å². The number of nitrogens with zero attached hydrogens (tertiary/aromatic N) is 1. The highest BCUT2D eigenvalue weighted by molar-refractivity contribution is 7.98. The third-order valence-electron chi connectivity index (χ3n) is 3.76. The fourth-order valence-corrected chi connectivity index (χ4v) is 3.37. The van der Waals surface area contributed by atoms with Gasteiger partial charge in [0, 0.05) is 24.4 Å². The second-order valence-electron chi connectivity index (χ2n) is 4.56. The highest BCUT2D eigenvalue weighted by Gasteiger charge is 2.25. The van der Waals surface area contributed by atoms with Gasteiger partial charge in [0.2, 0.25) is 0 Å². The van der Waals surface area contributed by atoms with Crippen LogP contribution in [0.5, 0.6) is 0 Å². The topological polar surface area (TPSA) is 29.3 Å². The summed E-state index contributed by atoms with van der Waals surface area (Å²) < 4.78 is 0. The van der Waals surface area contributed by atoms with Gasteiger partial charge in [-0.05, 0) is 25.6 Å². The smallest absolute Gasteiger partial charge is 0.0246 e. The molecule has 0 heterocycles. The van der Waals surface area contributed by atoms with Gasteiger partial charge in [0.15, 0.2) is 0 Å². The normalized spacial score (nSPS) is 15.8. The van der Waals surface area contributed by atoms with E-state index in [4.69, 9.17) is 5.73 Å². The first-order chi connectivity index (χ1) is 7.65. The van der Waals surface area contributed by atoms with Crippen molar-refractivity contribution in [1.82, 2.24) is 4.90 Å². The van der Waals surface area contributed by atoms with Crippen molar-refractivity contribution < 1.29 is 0 Å². The summed E-state index contributed by atoms with van der Waals surface area (Å²) >= 11 is 1.93. The van der Waals surface area contributed by atoms with E-state index in [1.165, 1.54) is 25.0 Å². The zero-order chi connectivity index (χ0) is 12.6. The number of thioether (sulfide) groups is 1. The summed E-state index contributed by atoms with van der Waals surface area (Å²) in [5.74, 6) is 1.95. The molecule has 0 aliphatic heterocycles. The molecule has 0 aliphatic carbocycles. The summed E-state index contributed by atoms with van der Waals surface area (Å²) in [6.45, 7) is 7.62. The average molecular weight is 246 g/mol. The van der Waals surface area contributed by atoms with Crippen molar-refractivity contribution in [2.45, 2.75) is 52.1 Å². The maximum absolute atomic E-state index is 5.97. The summed E-state index contributed by atoms with van der Waals surface area (Å²) in [5.41, 5.74) is 5.97. The Balaban J connectivity index is 4.52. The minimum atomic E-state index is 0.548.